The minimum absolute atomic E-state index is 0.111. The molecule has 1 N–H and O–H groups in total. The molecule has 1 aromatic carbocycles. The third kappa shape index (κ3) is 4.50. The van der Waals surface area contributed by atoms with Crippen molar-refractivity contribution in [2.75, 3.05) is 25.9 Å². The quantitative estimate of drug-likeness (QED) is 0.796. The Morgan fingerprint density at radius 1 is 1.39 bits per heavy atom. The highest BCUT2D eigenvalue weighted by molar-refractivity contribution is 7.90. The maximum absolute atomic E-state index is 12.3. The van der Waals surface area contributed by atoms with Crippen LogP contribution in [0.4, 0.5) is 4.79 Å². The lowest BCUT2D eigenvalue weighted by Gasteiger charge is -2.31. The highest BCUT2D eigenvalue weighted by Gasteiger charge is 2.29. The minimum Gasteiger partial charge on any atom is -0.409 e. The molecule has 1 heterocycles. The van der Waals surface area contributed by atoms with Gasteiger partial charge in [-0.2, -0.15) is 8.42 Å². The molecule has 2 rings (SSSR count). The van der Waals surface area contributed by atoms with Gasteiger partial charge in [0.25, 0.3) is 0 Å². The summed E-state index contributed by atoms with van der Waals surface area (Å²) in [6, 6.07) is 5.72. The Labute approximate surface area is 134 Å². The van der Waals surface area contributed by atoms with Crippen LogP contribution >= 0.6 is 0 Å². The molecule has 0 aliphatic carbocycles. The number of rotatable bonds is 3. The number of benzene rings is 1. The Hall–Kier alpha value is -1.98. The van der Waals surface area contributed by atoms with E-state index in [1.54, 1.807) is 0 Å². The van der Waals surface area contributed by atoms with E-state index in [1.807, 2.05) is 0 Å². The lowest BCUT2D eigenvalue weighted by Crippen LogP contribution is -2.53. The van der Waals surface area contributed by atoms with Gasteiger partial charge in [-0.3, -0.25) is 4.90 Å². The maximum Gasteiger partial charge on any atom is 0.417 e. The van der Waals surface area contributed by atoms with Crippen LogP contribution in [0.25, 0.3) is 0 Å². The Kier molecular flexibility index (Phi) is 5.34. The van der Waals surface area contributed by atoms with Crippen molar-refractivity contribution in [3.8, 4) is 5.75 Å². The predicted molar refractivity (Wildman–Crippen MR) is 80.3 cm³/mol. The molecule has 1 aliphatic heterocycles. The first-order valence-corrected chi connectivity index (χ1v) is 9.50. The number of carbonyl (C=O) groups excluding carboxylic acids is 1. The molecule has 0 spiro atoms. The third-order valence-corrected chi connectivity index (χ3v) is 4.66. The molecule has 1 atom stereocenters. The van der Waals surface area contributed by atoms with E-state index in [9.17, 15) is 21.6 Å². The van der Waals surface area contributed by atoms with Crippen LogP contribution in [0.3, 0.4) is 0 Å². The summed E-state index contributed by atoms with van der Waals surface area (Å²) in [5.41, 5.74) is 0. The summed E-state index contributed by atoms with van der Waals surface area (Å²) in [7, 11) is -6.25. The van der Waals surface area contributed by atoms with Crippen molar-refractivity contribution in [3.05, 3.63) is 24.3 Å². The summed E-state index contributed by atoms with van der Waals surface area (Å²) in [4.78, 5) is 13.3. The molecule has 0 bridgehead atoms. The Balaban J connectivity index is 2.26. The number of amides is 1. The number of nitrogens with one attached hydrogen (secondary N) is 1. The maximum atomic E-state index is 12.3. The van der Waals surface area contributed by atoms with Crippen LogP contribution in [-0.4, -0.2) is 59.9 Å². The van der Waals surface area contributed by atoms with E-state index in [0.29, 0.717) is 6.54 Å². The topological polar surface area (TPSA) is 122 Å². The first-order chi connectivity index (χ1) is 10.8. The second-order valence-corrected chi connectivity index (χ2v) is 7.42. The second-order valence-electron chi connectivity index (χ2n) is 4.79. The zero-order valence-electron chi connectivity index (χ0n) is 12.2. The van der Waals surface area contributed by atoms with E-state index in [0.717, 1.165) is 11.2 Å². The largest absolute Gasteiger partial charge is 0.417 e. The van der Waals surface area contributed by atoms with Gasteiger partial charge in [0.2, 0.25) is 0 Å². The van der Waals surface area contributed by atoms with Gasteiger partial charge in [0.1, 0.15) is 4.90 Å². The van der Waals surface area contributed by atoms with Crippen LogP contribution < -0.4 is 10.1 Å². The molecule has 1 saturated heterocycles. The number of hydrogen-bond acceptors (Lipinski definition) is 8. The number of piperazine rings is 1. The van der Waals surface area contributed by atoms with Crippen LogP contribution in [-0.2, 0) is 20.3 Å². The zero-order valence-corrected chi connectivity index (χ0v) is 13.8. The average molecular weight is 361 g/mol. The summed E-state index contributed by atoms with van der Waals surface area (Å²) in [5.74, 6) is -0.111. The molecule has 1 unspecified atom stereocenters. The fraction of sp³-hybridized carbons (Fsp3) is 0.417. The van der Waals surface area contributed by atoms with Crippen LogP contribution in [0.15, 0.2) is 33.5 Å². The summed E-state index contributed by atoms with van der Waals surface area (Å²) >= 11 is 0. The first-order valence-electron chi connectivity index (χ1n) is 6.57. The van der Waals surface area contributed by atoms with Crippen LogP contribution in [0.5, 0.6) is 5.75 Å². The molecular weight excluding hydrogens is 346 g/mol. The summed E-state index contributed by atoms with van der Waals surface area (Å²) < 4.78 is 53.4. The van der Waals surface area contributed by atoms with Gasteiger partial charge in [-0.1, -0.05) is 12.1 Å². The summed E-state index contributed by atoms with van der Waals surface area (Å²) in [5, 5.41) is 2.91. The summed E-state index contributed by atoms with van der Waals surface area (Å²) in [6.45, 7) is 0.794. The van der Waals surface area contributed by atoms with Crippen molar-refractivity contribution < 1.29 is 26.4 Å². The second kappa shape index (κ2) is 7.06. The van der Waals surface area contributed by atoms with Crippen molar-refractivity contribution in [2.45, 2.75) is 11.1 Å². The van der Waals surface area contributed by atoms with E-state index in [-0.39, 0.29) is 23.7 Å². The Morgan fingerprint density at radius 3 is 2.74 bits per heavy atom. The van der Waals surface area contributed by atoms with Crippen molar-refractivity contribution in [1.82, 2.24) is 10.2 Å². The molecule has 126 valence electrons. The SMILES string of the molecule is CS(=O)(=O)c1ccccc1OC(=O)N1CCNCC1N=S(=O)=O. The number of para-hydroxylation sites is 1. The fourth-order valence-corrected chi connectivity index (χ4v) is 3.28. The van der Waals surface area contributed by atoms with Gasteiger partial charge < -0.3 is 10.1 Å². The lowest BCUT2D eigenvalue weighted by atomic mass is 10.3. The number of hydrogen-bond donors (Lipinski definition) is 1. The highest BCUT2D eigenvalue weighted by atomic mass is 32.2. The fourth-order valence-electron chi connectivity index (χ4n) is 2.09. The van der Waals surface area contributed by atoms with Crippen LogP contribution in [0, 0.1) is 0 Å². The van der Waals surface area contributed by atoms with Crippen molar-refractivity contribution in [2.24, 2.45) is 4.36 Å². The lowest BCUT2D eigenvalue weighted by molar-refractivity contribution is 0.121. The zero-order chi connectivity index (χ0) is 17.0. The number of nitrogens with zero attached hydrogens (tertiary/aromatic N) is 2. The van der Waals surface area contributed by atoms with E-state index >= 15 is 0 Å². The molecular formula is C12H15N3O6S2. The number of ether oxygens (including phenoxy) is 1. The monoisotopic (exact) mass is 361 g/mol. The Morgan fingerprint density at radius 2 is 2.09 bits per heavy atom. The molecule has 0 aromatic heterocycles. The third-order valence-electron chi connectivity index (χ3n) is 3.10. The van der Waals surface area contributed by atoms with Crippen LogP contribution in [0.2, 0.25) is 0 Å². The van der Waals surface area contributed by atoms with Crippen molar-refractivity contribution >= 4 is 26.4 Å². The number of sulfone groups is 1. The molecule has 0 saturated carbocycles. The molecule has 1 amide bonds. The summed E-state index contributed by atoms with van der Waals surface area (Å²) in [6.07, 6.45) is -0.787. The predicted octanol–water partition coefficient (Wildman–Crippen LogP) is -0.117. The standard InChI is InChI=1S/C12H15N3O6S2/c1-23(19,20)10-5-3-2-4-9(10)21-12(16)15-7-6-13-8-11(15)14-22(17)18/h2-5,11,13H,6-8H2,1H3. The van der Waals surface area contributed by atoms with Gasteiger partial charge in [0.15, 0.2) is 21.8 Å². The molecule has 1 fully saturated rings. The molecule has 23 heavy (non-hydrogen) atoms. The van der Waals surface area contributed by atoms with E-state index in [2.05, 4.69) is 9.68 Å². The van der Waals surface area contributed by atoms with Crippen molar-refractivity contribution in [1.29, 1.82) is 0 Å². The van der Waals surface area contributed by atoms with Crippen LogP contribution in [0.1, 0.15) is 0 Å². The smallest absolute Gasteiger partial charge is 0.409 e. The van der Waals surface area contributed by atoms with E-state index < -0.39 is 32.6 Å². The van der Waals surface area contributed by atoms with Gasteiger partial charge in [0, 0.05) is 25.9 Å². The molecule has 1 aliphatic rings. The van der Waals surface area contributed by atoms with Crippen molar-refractivity contribution in [3.63, 3.8) is 0 Å². The molecule has 9 nitrogen and oxygen atoms in total. The number of carbonyl (C=O) groups is 1. The van der Waals surface area contributed by atoms with Gasteiger partial charge in [-0.25, -0.2) is 13.2 Å². The Bertz CT molecular complexity index is 826. The van der Waals surface area contributed by atoms with Gasteiger partial charge >= 0.3 is 16.6 Å². The molecule has 1 aromatic rings. The average Bonchev–Trinajstić information content (AvgIpc) is 2.46. The van der Waals surface area contributed by atoms with Gasteiger partial charge in [0.05, 0.1) is 0 Å². The van der Waals surface area contributed by atoms with E-state index in [1.165, 1.54) is 24.3 Å². The molecule has 11 heteroatoms. The molecule has 0 radical (unpaired) electrons. The minimum atomic E-state index is -3.57. The van der Waals surface area contributed by atoms with Gasteiger partial charge in [-0.15, -0.1) is 4.36 Å². The van der Waals surface area contributed by atoms with E-state index in [4.69, 9.17) is 4.74 Å². The first kappa shape index (κ1) is 17.4. The highest BCUT2D eigenvalue weighted by Crippen LogP contribution is 2.24. The van der Waals surface area contributed by atoms with Gasteiger partial charge in [-0.05, 0) is 12.1 Å². The normalized spacial score (nSPS) is 18.3.